The van der Waals surface area contributed by atoms with E-state index < -0.39 is 5.97 Å². The summed E-state index contributed by atoms with van der Waals surface area (Å²) in [6, 6.07) is 0. The van der Waals surface area contributed by atoms with Gasteiger partial charge in [0.05, 0.1) is 6.10 Å². The molecule has 0 heterocycles. The zero-order valence-corrected chi connectivity index (χ0v) is 14.6. The van der Waals surface area contributed by atoms with Crippen molar-refractivity contribution in [3.63, 3.8) is 0 Å². The standard InChI is InChI=1S/C20H34O3/c1-2-3-6-13-19(21)14-8-5-4-7-11-17-16-18(17)12-9-10-15-20(22)23/h4-5,8,14,17-19,21H,2-3,6-7,9-13,15-16H2,1H3,(H,22,23)/b5-4+,14-8+. The summed E-state index contributed by atoms with van der Waals surface area (Å²) in [5.41, 5.74) is 0. The van der Waals surface area contributed by atoms with E-state index in [1.165, 1.54) is 32.1 Å². The number of carboxylic acids is 1. The number of hydrogen-bond acceptors (Lipinski definition) is 2. The molecule has 0 aromatic heterocycles. The summed E-state index contributed by atoms with van der Waals surface area (Å²) in [6.45, 7) is 2.17. The molecule has 1 fully saturated rings. The monoisotopic (exact) mass is 322 g/mol. The van der Waals surface area contributed by atoms with Gasteiger partial charge in [-0.15, -0.1) is 0 Å². The van der Waals surface area contributed by atoms with Gasteiger partial charge in [-0.25, -0.2) is 0 Å². The zero-order chi connectivity index (χ0) is 16.9. The summed E-state index contributed by atoms with van der Waals surface area (Å²) in [6.07, 6.45) is 19.2. The number of allylic oxidation sites excluding steroid dienone is 3. The van der Waals surface area contributed by atoms with Crippen molar-refractivity contribution in [2.24, 2.45) is 11.8 Å². The molecule has 23 heavy (non-hydrogen) atoms. The number of unbranched alkanes of at least 4 members (excludes halogenated alkanes) is 3. The highest BCUT2D eigenvalue weighted by molar-refractivity contribution is 5.66. The molecule has 0 amide bonds. The lowest BCUT2D eigenvalue weighted by Crippen LogP contribution is -2.00. The van der Waals surface area contributed by atoms with Gasteiger partial charge < -0.3 is 10.2 Å². The van der Waals surface area contributed by atoms with Crippen LogP contribution in [0.3, 0.4) is 0 Å². The largest absolute Gasteiger partial charge is 0.481 e. The second-order valence-corrected chi connectivity index (χ2v) is 6.85. The van der Waals surface area contributed by atoms with E-state index in [2.05, 4.69) is 13.0 Å². The molecule has 0 spiro atoms. The van der Waals surface area contributed by atoms with Crippen molar-refractivity contribution in [3.8, 4) is 0 Å². The van der Waals surface area contributed by atoms with Crippen LogP contribution in [0.1, 0.15) is 77.6 Å². The fraction of sp³-hybridized carbons (Fsp3) is 0.750. The molecule has 132 valence electrons. The Morgan fingerprint density at radius 3 is 2.65 bits per heavy atom. The lowest BCUT2D eigenvalue weighted by atomic mass is 10.1. The predicted octanol–water partition coefficient (Wildman–Crippen LogP) is 5.10. The van der Waals surface area contributed by atoms with Crippen molar-refractivity contribution < 1.29 is 15.0 Å². The van der Waals surface area contributed by atoms with E-state index in [1.54, 1.807) is 0 Å². The maximum atomic E-state index is 10.4. The SMILES string of the molecule is CCCCCC(O)/C=C/C=C/CCC1CC1CCCCC(=O)O. The molecule has 3 atom stereocenters. The summed E-state index contributed by atoms with van der Waals surface area (Å²) in [4.78, 5) is 10.4. The van der Waals surface area contributed by atoms with Crippen molar-refractivity contribution in [3.05, 3.63) is 24.3 Å². The van der Waals surface area contributed by atoms with E-state index >= 15 is 0 Å². The Labute approximate surface area is 141 Å². The second-order valence-electron chi connectivity index (χ2n) is 6.85. The molecule has 3 unspecified atom stereocenters. The fourth-order valence-corrected chi connectivity index (χ4v) is 3.08. The van der Waals surface area contributed by atoms with Crippen LogP contribution in [0, 0.1) is 11.8 Å². The second kappa shape index (κ2) is 12.3. The van der Waals surface area contributed by atoms with Crippen LogP contribution >= 0.6 is 0 Å². The number of aliphatic carboxylic acids is 1. The Morgan fingerprint density at radius 1 is 1.13 bits per heavy atom. The minimum atomic E-state index is -0.675. The topological polar surface area (TPSA) is 57.5 Å². The van der Waals surface area contributed by atoms with E-state index in [1.807, 2.05) is 18.2 Å². The van der Waals surface area contributed by atoms with Crippen LogP contribution in [0.2, 0.25) is 0 Å². The highest BCUT2D eigenvalue weighted by atomic mass is 16.4. The van der Waals surface area contributed by atoms with Gasteiger partial charge in [0, 0.05) is 6.42 Å². The third kappa shape index (κ3) is 11.1. The molecular weight excluding hydrogens is 288 g/mol. The van der Waals surface area contributed by atoms with E-state index in [-0.39, 0.29) is 6.10 Å². The average Bonchev–Trinajstić information content (AvgIpc) is 3.26. The lowest BCUT2D eigenvalue weighted by Gasteiger charge is -2.03. The first-order chi connectivity index (χ1) is 11.1. The first-order valence-corrected chi connectivity index (χ1v) is 9.36. The van der Waals surface area contributed by atoms with Gasteiger partial charge in [-0.3, -0.25) is 4.79 Å². The molecule has 1 aliphatic rings. The van der Waals surface area contributed by atoms with Crippen LogP contribution in [0.15, 0.2) is 24.3 Å². The van der Waals surface area contributed by atoms with E-state index in [9.17, 15) is 9.90 Å². The van der Waals surface area contributed by atoms with Crippen LogP contribution in [0.4, 0.5) is 0 Å². The fourth-order valence-electron chi connectivity index (χ4n) is 3.08. The number of carbonyl (C=O) groups is 1. The van der Waals surface area contributed by atoms with Crippen LogP contribution < -0.4 is 0 Å². The molecule has 0 bridgehead atoms. The minimum absolute atomic E-state index is 0.301. The number of hydrogen-bond donors (Lipinski definition) is 2. The van der Waals surface area contributed by atoms with Gasteiger partial charge in [0.2, 0.25) is 0 Å². The van der Waals surface area contributed by atoms with E-state index in [0.717, 1.165) is 43.9 Å². The molecule has 1 aliphatic carbocycles. The van der Waals surface area contributed by atoms with Crippen LogP contribution in [-0.2, 0) is 4.79 Å². The molecular formula is C20H34O3. The molecule has 0 aromatic rings. The predicted molar refractivity (Wildman–Crippen MR) is 95.4 cm³/mol. The van der Waals surface area contributed by atoms with E-state index in [4.69, 9.17) is 5.11 Å². The maximum Gasteiger partial charge on any atom is 0.303 e. The van der Waals surface area contributed by atoms with Crippen LogP contribution in [0.5, 0.6) is 0 Å². The molecule has 3 nitrogen and oxygen atoms in total. The number of carboxylic acid groups (broad SMARTS) is 1. The molecule has 0 saturated heterocycles. The smallest absolute Gasteiger partial charge is 0.303 e. The quantitative estimate of drug-likeness (QED) is 0.345. The number of aliphatic hydroxyl groups is 1. The van der Waals surface area contributed by atoms with Crippen molar-refractivity contribution in [1.29, 1.82) is 0 Å². The van der Waals surface area contributed by atoms with Crippen LogP contribution in [0.25, 0.3) is 0 Å². The van der Waals surface area contributed by atoms with Gasteiger partial charge in [0.15, 0.2) is 0 Å². The first kappa shape index (κ1) is 20.0. The van der Waals surface area contributed by atoms with Crippen molar-refractivity contribution in [1.82, 2.24) is 0 Å². The summed E-state index contributed by atoms with van der Waals surface area (Å²) in [5.74, 6) is 1.02. The van der Waals surface area contributed by atoms with Crippen molar-refractivity contribution in [2.75, 3.05) is 0 Å². The third-order valence-corrected chi connectivity index (χ3v) is 4.67. The third-order valence-electron chi connectivity index (χ3n) is 4.67. The highest BCUT2D eigenvalue weighted by Gasteiger charge is 2.34. The Morgan fingerprint density at radius 2 is 1.91 bits per heavy atom. The number of aliphatic hydroxyl groups excluding tert-OH is 1. The van der Waals surface area contributed by atoms with Gasteiger partial charge in [-0.05, 0) is 43.9 Å². The van der Waals surface area contributed by atoms with Gasteiger partial charge in [-0.1, -0.05) is 63.3 Å². The van der Waals surface area contributed by atoms with Gasteiger partial charge in [-0.2, -0.15) is 0 Å². The van der Waals surface area contributed by atoms with Gasteiger partial charge in [0.25, 0.3) is 0 Å². The highest BCUT2D eigenvalue weighted by Crippen LogP contribution is 2.45. The zero-order valence-electron chi connectivity index (χ0n) is 14.6. The van der Waals surface area contributed by atoms with Crippen LogP contribution in [-0.4, -0.2) is 22.3 Å². The summed E-state index contributed by atoms with van der Waals surface area (Å²) < 4.78 is 0. The summed E-state index contributed by atoms with van der Waals surface area (Å²) >= 11 is 0. The van der Waals surface area contributed by atoms with Crippen molar-refractivity contribution in [2.45, 2.75) is 83.7 Å². The normalized spacial score (nSPS) is 22.0. The molecule has 0 aliphatic heterocycles. The Bertz CT molecular complexity index is 373. The Kier molecular flexibility index (Phi) is 10.7. The molecule has 1 saturated carbocycles. The van der Waals surface area contributed by atoms with Crippen molar-refractivity contribution >= 4 is 5.97 Å². The lowest BCUT2D eigenvalue weighted by molar-refractivity contribution is -0.137. The maximum absolute atomic E-state index is 10.4. The Balaban J connectivity index is 1.95. The molecule has 1 rings (SSSR count). The molecule has 0 aromatic carbocycles. The number of rotatable bonds is 14. The first-order valence-electron chi connectivity index (χ1n) is 9.36. The molecule has 3 heteroatoms. The van der Waals surface area contributed by atoms with Gasteiger partial charge in [0.1, 0.15) is 0 Å². The average molecular weight is 322 g/mol. The summed E-state index contributed by atoms with van der Waals surface area (Å²) in [5, 5.41) is 18.3. The molecule has 0 radical (unpaired) electrons. The minimum Gasteiger partial charge on any atom is -0.481 e. The van der Waals surface area contributed by atoms with E-state index in [0.29, 0.717) is 6.42 Å². The summed E-state index contributed by atoms with van der Waals surface area (Å²) in [7, 11) is 0. The van der Waals surface area contributed by atoms with Gasteiger partial charge >= 0.3 is 5.97 Å². The Hall–Kier alpha value is -1.09. The molecule has 2 N–H and O–H groups in total.